The SMILES string of the molecule is CC(C)c1cc(C(N)NC2CCC(N3CCCC3)CC2)c(O)cc1O. The monoisotopic (exact) mass is 347 g/mol. The fraction of sp³-hybridized carbons (Fsp3) is 0.700. The highest BCUT2D eigenvalue weighted by molar-refractivity contribution is 5.47. The first kappa shape index (κ1) is 18.5. The number of phenolic OH excluding ortho intramolecular Hbond substituents is 2. The van der Waals surface area contributed by atoms with E-state index in [1.54, 1.807) is 0 Å². The van der Waals surface area contributed by atoms with E-state index in [1.807, 2.05) is 19.9 Å². The molecule has 2 fully saturated rings. The van der Waals surface area contributed by atoms with E-state index < -0.39 is 6.17 Å². The maximum atomic E-state index is 10.2. The molecular weight excluding hydrogens is 314 g/mol. The van der Waals surface area contributed by atoms with Crippen molar-refractivity contribution in [1.82, 2.24) is 10.2 Å². The van der Waals surface area contributed by atoms with Gasteiger partial charge >= 0.3 is 0 Å². The van der Waals surface area contributed by atoms with Crippen LogP contribution in [0, 0.1) is 0 Å². The molecular formula is C20H33N3O2. The molecule has 1 saturated heterocycles. The first-order chi connectivity index (χ1) is 12.0. The summed E-state index contributed by atoms with van der Waals surface area (Å²) in [5, 5.41) is 23.7. The molecule has 5 N–H and O–H groups in total. The Hall–Kier alpha value is -1.30. The minimum Gasteiger partial charge on any atom is -0.508 e. The molecule has 1 aliphatic heterocycles. The molecule has 5 heteroatoms. The Labute approximate surface area is 151 Å². The zero-order valence-corrected chi connectivity index (χ0v) is 15.5. The van der Waals surface area contributed by atoms with E-state index >= 15 is 0 Å². The van der Waals surface area contributed by atoms with Crippen molar-refractivity contribution in [3.63, 3.8) is 0 Å². The highest BCUT2D eigenvalue weighted by Crippen LogP contribution is 2.35. The molecule has 1 aromatic rings. The van der Waals surface area contributed by atoms with Gasteiger partial charge in [-0.2, -0.15) is 0 Å². The standard InChI is InChI=1S/C20H33N3O2/c1-13(2)16-11-17(19(25)12-18(16)24)20(21)22-14-5-7-15(8-6-14)23-9-3-4-10-23/h11-15,20,22,24-25H,3-10,21H2,1-2H3. The number of nitrogens with one attached hydrogen (secondary N) is 1. The predicted molar refractivity (Wildman–Crippen MR) is 101 cm³/mol. The van der Waals surface area contributed by atoms with Crippen LogP contribution in [-0.4, -0.2) is 40.3 Å². The van der Waals surface area contributed by atoms with E-state index in [0.29, 0.717) is 11.6 Å². The highest BCUT2D eigenvalue weighted by atomic mass is 16.3. The number of nitrogens with zero attached hydrogens (tertiary/aromatic N) is 1. The third-order valence-electron chi connectivity index (χ3n) is 5.90. The molecule has 5 nitrogen and oxygen atoms in total. The molecule has 140 valence electrons. The van der Waals surface area contributed by atoms with Crippen molar-refractivity contribution in [2.24, 2.45) is 5.73 Å². The van der Waals surface area contributed by atoms with E-state index in [9.17, 15) is 10.2 Å². The summed E-state index contributed by atoms with van der Waals surface area (Å²) in [6.07, 6.45) is 7.00. The van der Waals surface area contributed by atoms with Crippen LogP contribution >= 0.6 is 0 Å². The lowest BCUT2D eigenvalue weighted by Crippen LogP contribution is -2.44. The summed E-state index contributed by atoms with van der Waals surface area (Å²) in [4.78, 5) is 2.65. The summed E-state index contributed by atoms with van der Waals surface area (Å²) < 4.78 is 0. The zero-order valence-electron chi connectivity index (χ0n) is 15.5. The van der Waals surface area contributed by atoms with E-state index in [-0.39, 0.29) is 17.4 Å². The van der Waals surface area contributed by atoms with Crippen LogP contribution in [0.3, 0.4) is 0 Å². The molecule has 25 heavy (non-hydrogen) atoms. The van der Waals surface area contributed by atoms with Gasteiger partial charge in [-0.3, -0.25) is 5.32 Å². The van der Waals surface area contributed by atoms with Crippen LogP contribution < -0.4 is 11.1 Å². The van der Waals surface area contributed by atoms with Crippen LogP contribution in [0.25, 0.3) is 0 Å². The van der Waals surface area contributed by atoms with Gasteiger partial charge in [-0.05, 0) is 69.2 Å². The third-order valence-corrected chi connectivity index (χ3v) is 5.90. The average molecular weight is 348 g/mol. The summed E-state index contributed by atoms with van der Waals surface area (Å²) in [6, 6.07) is 4.38. The van der Waals surface area contributed by atoms with Gasteiger partial charge in [-0.1, -0.05) is 13.8 Å². The Bertz CT molecular complexity index is 577. The van der Waals surface area contributed by atoms with Gasteiger partial charge in [0.05, 0.1) is 6.17 Å². The third kappa shape index (κ3) is 4.27. The number of aromatic hydroxyl groups is 2. The molecule has 3 rings (SSSR count). The van der Waals surface area contributed by atoms with Crippen molar-refractivity contribution in [2.75, 3.05) is 13.1 Å². The first-order valence-electron chi connectivity index (χ1n) is 9.77. The maximum absolute atomic E-state index is 10.2. The van der Waals surface area contributed by atoms with Gasteiger partial charge in [-0.25, -0.2) is 0 Å². The molecule has 0 spiro atoms. The molecule has 0 amide bonds. The zero-order chi connectivity index (χ0) is 18.0. The quantitative estimate of drug-likeness (QED) is 0.615. The van der Waals surface area contributed by atoms with E-state index in [4.69, 9.17) is 5.73 Å². The largest absolute Gasteiger partial charge is 0.508 e. The molecule has 1 heterocycles. The fourth-order valence-corrected chi connectivity index (χ4v) is 4.38. The topological polar surface area (TPSA) is 81.8 Å². The van der Waals surface area contributed by atoms with Gasteiger partial charge in [0, 0.05) is 23.7 Å². The van der Waals surface area contributed by atoms with Crippen molar-refractivity contribution in [3.8, 4) is 11.5 Å². The van der Waals surface area contributed by atoms with E-state index in [0.717, 1.165) is 24.4 Å². The normalized spacial score (nSPS) is 26.2. The molecule has 2 aliphatic rings. The van der Waals surface area contributed by atoms with Crippen LogP contribution in [0.5, 0.6) is 11.5 Å². The molecule has 1 saturated carbocycles. The minimum atomic E-state index is -0.411. The predicted octanol–water partition coefficient (Wildman–Crippen LogP) is 3.18. The van der Waals surface area contributed by atoms with Crippen LogP contribution in [0.1, 0.15) is 75.6 Å². The van der Waals surface area contributed by atoms with Crippen LogP contribution in [-0.2, 0) is 0 Å². The van der Waals surface area contributed by atoms with Gasteiger partial charge in [0.2, 0.25) is 0 Å². The maximum Gasteiger partial charge on any atom is 0.125 e. The number of likely N-dealkylation sites (tertiary alicyclic amines) is 1. The lowest BCUT2D eigenvalue weighted by Gasteiger charge is -2.36. The Morgan fingerprint density at radius 1 is 1.00 bits per heavy atom. The van der Waals surface area contributed by atoms with E-state index in [1.165, 1.54) is 44.8 Å². The molecule has 0 aromatic heterocycles. The number of hydrogen-bond acceptors (Lipinski definition) is 5. The van der Waals surface area contributed by atoms with Crippen LogP contribution in [0.4, 0.5) is 0 Å². The molecule has 1 atom stereocenters. The van der Waals surface area contributed by atoms with Crippen molar-refractivity contribution in [2.45, 2.75) is 76.5 Å². The Kier molecular flexibility index (Phi) is 5.87. The van der Waals surface area contributed by atoms with Crippen molar-refractivity contribution in [3.05, 3.63) is 23.3 Å². The van der Waals surface area contributed by atoms with Gasteiger partial charge in [0.15, 0.2) is 0 Å². The summed E-state index contributed by atoms with van der Waals surface area (Å²) >= 11 is 0. The molecule has 0 radical (unpaired) electrons. The molecule has 1 unspecified atom stereocenters. The second-order valence-corrected chi connectivity index (χ2v) is 8.02. The van der Waals surface area contributed by atoms with Gasteiger partial charge in [0.1, 0.15) is 11.5 Å². The summed E-state index contributed by atoms with van der Waals surface area (Å²) in [5.74, 6) is 0.379. The van der Waals surface area contributed by atoms with Gasteiger partial charge in [0.25, 0.3) is 0 Å². The lowest BCUT2D eigenvalue weighted by atomic mass is 9.89. The Morgan fingerprint density at radius 3 is 2.20 bits per heavy atom. The fourth-order valence-electron chi connectivity index (χ4n) is 4.38. The molecule has 1 aromatic carbocycles. The van der Waals surface area contributed by atoms with Crippen molar-refractivity contribution in [1.29, 1.82) is 0 Å². The summed E-state index contributed by atoms with van der Waals surface area (Å²) in [5.41, 5.74) is 7.83. The van der Waals surface area contributed by atoms with Gasteiger partial charge < -0.3 is 20.8 Å². The number of phenols is 2. The first-order valence-corrected chi connectivity index (χ1v) is 9.77. The lowest BCUT2D eigenvalue weighted by molar-refractivity contribution is 0.169. The Balaban J connectivity index is 1.59. The van der Waals surface area contributed by atoms with Gasteiger partial charge in [-0.15, -0.1) is 0 Å². The smallest absolute Gasteiger partial charge is 0.125 e. The average Bonchev–Trinajstić information content (AvgIpc) is 3.09. The molecule has 1 aliphatic carbocycles. The number of hydrogen-bond donors (Lipinski definition) is 4. The second kappa shape index (κ2) is 7.94. The number of benzene rings is 1. The van der Waals surface area contributed by atoms with Crippen LogP contribution in [0.2, 0.25) is 0 Å². The van der Waals surface area contributed by atoms with E-state index in [2.05, 4.69) is 10.2 Å². The van der Waals surface area contributed by atoms with Crippen molar-refractivity contribution < 1.29 is 10.2 Å². The second-order valence-electron chi connectivity index (χ2n) is 8.02. The summed E-state index contributed by atoms with van der Waals surface area (Å²) in [6.45, 7) is 6.58. The number of rotatable bonds is 5. The molecule has 0 bridgehead atoms. The minimum absolute atomic E-state index is 0.0626. The highest BCUT2D eigenvalue weighted by Gasteiger charge is 2.28. The summed E-state index contributed by atoms with van der Waals surface area (Å²) in [7, 11) is 0. The van der Waals surface area contributed by atoms with Crippen LogP contribution in [0.15, 0.2) is 12.1 Å². The Morgan fingerprint density at radius 2 is 1.60 bits per heavy atom. The van der Waals surface area contributed by atoms with Crippen molar-refractivity contribution >= 4 is 0 Å². The number of nitrogens with two attached hydrogens (primary N) is 1.